The van der Waals surface area contributed by atoms with Crippen LogP contribution >= 0.6 is 0 Å². The Balaban J connectivity index is 1.91. The van der Waals surface area contributed by atoms with Crippen LogP contribution in [0.3, 0.4) is 0 Å². The Bertz CT molecular complexity index is 327. The van der Waals surface area contributed by atoms with Crippen LogP contribution in [0.25, 0.3) is 0 Å². The third kappa shape index (κ3) is 2.59. The van der Waals surface area contributed by atoms with Gasteiger partial charge in [0.2, 0.25) is 5.89 Å². The van der Waals surface area contributed by atoms with Crippen molar-refractivity contribution in [3.8, 4) is 0 Å². The van der Waals surface area contributed by atoms with Crippen LogP contribution in [0.2, 0.25) is 0 Å². The van der Waals surface area contributed by atoms with E-state index in [2.05, 4.69) is 29.3 Å². The van der Waals surface area contributed by atoms with Crippen LogP contribution in [-0.2, 0) is 11.3 Å². The Hall–Kier alpha value is -0.940. The summed E-state index contributed by atoms with van der Waals surface area (Å²) < 4.78 is 10.6. The number of aromatic nitrogens is 2. The van der Waals surface area contributed by atoms with E-state index < -0.39 is 0 Å². The van der Waals surface area contributed by atoms with Crippen LogP contribution in [0.4, 0.5) is 0 Å². The molecule has 0 saturated carbocycles. The SMILES string of the molecule is CCCOCc1noc(C2NCCC2C)n1. The largest absolute Gasteiger partial charge is 0.373 e. The molecule has 0 spiro atoms. The van der Waals surface area contributed by atoms with Crippen molar-refractivity contribution in [2.45, 2.75) is 39.3 Å². The molecule has 2 unspecified atom stereocenters. The first kappa shape index (κ1) is 11.5. The number of nitrogens with zero attached hydrogens (tertiary/aromatic N) is 2. The predicted octanol–water partition coefficient (Wildman–Crippen LogP) is 1.67. The fourth-order valence-electron chi connectivity index (χ4n) is 1.93. The van der Waals surface area contributed by atoms with Crippen molar-refractivity contribution in [2.24, 2.45) is 5.92 Å². The van der Waals surface area contributed by atoms with Gasteiger partial charge in [0.15, 0.2) is 5.82 Å². The zero-order chi connectivity index (χ0) is 11.4. The first-order chi connectivity index (χ1) is 7.81. The Labute approximate surface area is 95.6 Å². The molecule has 2 heterocycles. The fourth-order valence-corrected chi connectivity index (χ4v) is 1.93. The molecule has 2 rings (SSSR count). The van der Waals surface area contributed by atoms with Crippen molar-refractivity contribution in [1.82, 2.24) is 15.5 Å². The van der Waals surface area contributed by atoms with Crippen molar-refractivity contribution < 1.29 is 9.26 Å². The van der Waals surface area contributed by atoms with Crippen molar-refractivity contribution in [1.29, 1.82) is 0 Å². The van der Waals surface area contributed by atoms with Gasteiger partial charge >= 0.3 is 0 Å². The summed E-state index contributed by atoms with van der Waals surface area (Å²) in [6.07, 6.45) is 2.17. The van der Waals surface area contributed by atoms with Gasteiger partial charge < -0.3 is 14.6 Å². The second kappa shape index (κ2) is 5.41. The summed E-state index contributed by atoms with van der Waals surface area (Å²) in [7, 11) is 0. The zero-order valence-corrected chi connectivity index (χ0v) is 9.90. The Morgan fingerprint density at radius 1 is 1.56 bits per heavy atom. The van der Waals surface area contributed by atoms with E-state index in [1.54, 1.807) is 0 Å². The van der Waals surface area contributed by atoms with Crippen LogP contribution in [0.5, 0.6) is 0 Å². The molecule has 1 aliphatic rings. The van der Waals surface area contributed by atoms with Crippen molar-refractivity contribution in [3.63, 3.8) is 0 Å². The zero-order valence-electron chi connectivity index (χ0n) is 9.90. The van der Waals surface area contributed by atoms with Crippen LogP contribution in [0.15, 0.2) is 4.52 Å². The maximum absolute atomic E-state index is 5.37. The number of rotatable bonds is 5. The van der Waals surface area contributed by atoms with E-state index in [0.29, 0.717) is 24.2 Å². The molecule has 0 amide bonds. The van der Waals surface area contributed by atoms with E-state index >= 15 is 0 Å². The summed E-state index contributed by atoms with van der Waals surface area (Å²) in [5.74, 6) is 1.90. The first-order valence-electron chi connectivity index (χ1n) is 5.95. The second-order valence-corrected chi connectivity index (χ2v) is 4.30. The molecule has 1 aliphatic heterocycles. The molecule has 5 nitrogen and oxygen atoms in total. The van der Waals surface area contributed by atoms with E-state index in [-0.39, 0.29) is 6.04 Å². The molecule has 90 valence electrons. The fraction of sp³-hybridized carbons (Fsp3) is 0.818. The maximum atomic E-state index is 5.37. The molecule has 0 aromatic carbocycles. The van der Waals surface area contributed by atoms with Gasteiger partial charge in [-0.05, 0) is 25.3 Å². The van der Waals surface area contributed by atoms with E-state index in [1.165, 1.54) is 0 Å². The highest BCUT2D eigenvalue weighted by Crippen LogP contribution is 2.27. The third-order valence-corrected chi connectivity index (χ3v) is 2.86. The van der Waals surface area contributed by atoms with Gasteiger partial charge in [0.25, 0.3) is 0 Å². The highest BCUT2D eigenvalue weighted by atomic mass is 16.5. The summed E-state index contributed by atoms with van der Waals surface area (Å²) in [6, 6.07) is 0.215. The maximum Gasteiger partial charge on any atom is 0.244 e. The molecule has 1 N–H and O–H groups in total. The average molecular weight is 225 g/mol. The molecule has 1 fully saturated rings. The van der Waals surface area contributed by atoms with Gasteiger partial charge in [0.05, 0.1) is 6.04 Å². The van der Waals surface area contributed by atoms with Gasteiger partial charge in [-0.25, -0.2) is 0 Å². The lowest BCUT2D eigenvalue weighted by Gasteiger charge is -2.09. The molecule has 0 aliphatic carbocycles. The lowest BCUT2D eigenvalue weighted by molar-refractivity contribution is 0.114. The Kier molecular flexibility index (Phi) is 3.90. The second-order valence-electron chi connectivity index (χ2n) is 4.30. The van der Waals surface area contributed by atoms with Crippen LogP contribution in [-0.4, -0.2) is 23.3 Å². The molecule has 2 atom stereocenters. The molecule has 5 heteroatoms. The number of ether oxygens (including phenoxy) is 1. The molecular weight excluding hydrogens is 206 g/mol. The smallest absolute Gasteiger partial charge is 0.244 e. The van der Waals surface area contributed by atoms with Crippen LogP contribution in [0, 0.1) is 5.92 Å². The topological polar surface area (TPSA) is 60.2 Å². The molecule has 1 saturated heterocycles. The molecule has 16 heavy (non-hydrogen) atoms. The van der Waals surface area contributed by atoms with Gasteiger partial charge in [-0.3, -0.25) is 0 Å². The van der Waals surface area contributed by atoms with Crippen molar-refractivity contribution in [2.75, 3.05) is 13.2 Å². The average Bonchev–Trinajstić information content (AvgIpc) is 2.87. The van der Waals surface area contributed by atoms with E-state index in [1.807, 2.05) is 0 Å². The minimum absolute atomic E-state index is 0.215. The Morgan fingerprint density at radius 3 is 3.12 bits per heavy atom. The molecular formula is C11H19N3O2. The van der Waals surface area contributed by atoms with Crippen LogP contribution < -0.4 is 5.32 Å². The van der Waals surface area contributed by atoms with Crippen molar-refractivity contribution >= 4 is 0 Å². The standard InChI is InChI=1S/C11H19N3O2/c1-3-6-15-7-9-13-11(16-14-9)10-8(2)4-5-12-10/h8,10,12H,3-7H2,1-2H3. The summed E-state index contributed by atoms with van der Waals surface area (Å²) in [5, 5.41) is 7.28. The van der Waals surface area contributed by atoms with E-state index in [4.69, 9.17) is 9.26 Å². The highest BCUT2D eigenvalue weighted by Gasteiger charge is 2.29. The lowest BCUT2D eigenvalue weighted by Crippen LogP contribution is -2.16. The minimum Gasteiger partial charge on any atom is -0.373 e. The molecule has 1 aromatic heterocycles. The number of nitrogens with one attached hydrogen (secondary N) is 1. The summed E-state index contributed by atoms with van der Waals surface area (Å²) in [5.41, 5.74) is 0. The van der Waals surface area contributed by atoms with E-state index in [0.717, 1.165) is 26.0 Å². The first-order valence-corrected chi connectivity index (χ1v) is 5.95. The molecule has 1 aromatic rings. The highest BCUT2D eigenvalue weighted by molar-refractivity contribution is 4.97. The predicted molar refractivity (Wildman–Crippen MR) is 58.8 cm³/mol. The summed E-state index contributed by atoms with van der Waals surface area (Å²) in [4.78, 5) is 4.35. The van der Waals surface area contributed by atoms with Gasteiger partial charge in [-0.2, -0.15) is 4.98 Å². The quantitative estimate of drug-likeness (QED) is 0.772. The van der Waals surface area contributed by atoms with Gasteiger partial charge in [-0.15, -0.1) is 0 Å². The Morgan fingerprint density at radius 2 is 2.44 bits per heavy atom. The van der Waals surface area contributed by atoms with Crippen LogP contribution in [0.1, 0.15) is 44.4 Å². The normalized spacial score (nSPS) is 25.1. The summed E-state index contributed by atoms with van der Waals surface area (Å²) in [6.45, 7) is 6.48. The number of hydrogen-bond acceptors (Lipinski definition) is 5. The molecule has 0 radical (unpaired) electrons. The van der Waals surface area contributed by atoms with Crippen molar-refractivity contribution in [3.05, 3.63) is 11.7 Å². The van der Waals surface area contributed by atoms with Gasteiger partial charge in [0.1, 0.15) is 6.61 Å². The van der Waals surface area contributed by atoms with Gasteiger partial charge in [-0.1, -0.05) is 19.0 Å². The monoisotopic (exact) mass is 225 g/mol. The molecule has 0 bridgehead atoms. The lowest BCUT2D eigenvalue weighted by atomic mass is 10.0. The van der Waals surface area contributed by atoms with Gasteiger partial charge in [0, 0.05) is 6.61 Å². The summed E-state index contributed by atoms with van der Waals surface area (Å²) >= 11 is 0. The minimum atomic E-state index is 0.215. The number of hydrogen-bond donors (Lipinski definition) is 1. The third-order valence-electron chi connectivity index (χ3n) is 2.86. The van der Waals surface area contributed by atoms with E-state index in [9.17, 15) is 0 Å².